The summed E-state index contributed by atoms with van der Waals surface area (Å²) in [6.45, 7) is 0. The third kappa shape index (κ3) is 2.58. The molecule has 1 amide bonds. The van der Waals surface area contributed by atoms with Crippen molar-refractivity contribution in [3.63, 3.8) is 0 Å². The van der Waals surface area contributed by atoms with Gasteiger partial charge in [-0.1, -0.05) is 48.5 Å². The second kappa shape index (κ2) is 5.98. The number of hydrogen-bond acceptors (Lipinski definition) is 2. The number of carbonyl (C=O) groups is 2. The lowest BCUT2D eigenvalue weighted by molar-refractivity contribution is -0.141. The zero-order valence-corrected chi connectivity index (χ0v) is 12.3. The third-order valence-electron chi connectivity index (χ3n) is 4.03. The van der Waals surface area contributed by atoms with Crippen molar-refractivity contribution in [3.8, 4) is 23.5 Å². The van der Waals surface area contributed by atoms with Crippen LogP contribution in [0.4, 0.5) is 0 Å². The van der Waals surface area contributed by atoms with Crippen molar-refractivity contribution < 1.29 is 14.7 Å². The first-order valence-electron chi connectivity index (χ1n) is 7.28. The average Bonchev–Trinajstić information content (AvgIpc) is 2.89. The molecule has 4 heteroatoms. The lowest BCUT2D eigenvalue weighted by Crippen LogP contribution is -2.42. The molecule has 0 heterocycles. The van der Waals surface area contributed by atoms with Crippen LogP contribution in [0.1, 0.15) is 23.5 Å². The maximum absolute atomic E-state index is 12.7. The van der Waals surface area contributed by atoms with Gasteiger partial charge in [-0.2, -0.15) is 0 Å². The van der Waals surface area contributed by atoms with E-state index in [9.17, 15) is 14.7 Å². The number of carboxylic acids is 1. The molecule has 0 fully saturated rings. The normalized spacial score (nSPS) is 13.5. The van der Waals surface area contributed by atoms with Crippen molar-refractivity contribution in [2.24, 2.45) is 0 Å². The van der Waals surface area contributed by atoms with Crippen LogP contribution in [0.25, 0.3) is 11.1 Å². The van der Waals surface area contributed by atoms with Crippen LogP contribution >= 0.6 is 0 Å². The van der Waals surface area contributed by atoms with Gasteiger partial charge >= 0.3 is 5.97 Å². The minimum absolute atomic E-state index is 0.0446. The summed E-state index contributed by atoms with van der Waals surface area (Å²) in [4.78, 5) is 23.9. The zero-order chi connectivity index (χ0) is 16.4. The fraction of sp³-hybridized carbons (Fsp3) is 0.158. The molecule has 23 heavy (non-hydrogen) atoms. The molecule has 0 aromatic heterocycles. The number of nitrogens with one attached hydrogen (secondary N) is 1. The number of fused-ring (bicyclic) bond motifs is 3. The highest BCUT2D eigenvalue weighted by Gasteiger charge is 2.34. The molecule has 1 aliphatic carbocycles. The molecular formula is C19H15NO3. The van der Waals surface area contributed by atoms with Gasteiger partial charge in [0.05, 0.1) is 5.92 Å². The Hall–Kier alpha value is -3.06. The molecule has 3 rings (SSSR count). The summed E-state index contributed by atoms with van der Waals surface area (Å²) in [5.74, 6) is 0.304. The lowest BCUT2D eigenvalue weighted by atomic mass is 9.95. The predicted octanol–water partition coefficient (Wildman–Crippen LogP) is 2.39. The Labute approximate surface area is 134 Å². The van der Waals surface area contributed by atoms with Crippen LogP contribution < -0.4 is 5.32 Å². The zero-order valence-electron chi connectivity index (χ0n) is 12.3. The van der Waals surface area contributed by atoms with Crippen LogP contribution in [0.5, 0.6) is 0 Å². The molecule has 0 saturated carbocycles. The van der Waals surface area contributed by atoms with Crippen molar-refractivity contribution >= 4 is 11.9 Å². The van der Waals surface area contributed by atoms with E-state index in [4.69, 9.17) is 6.42 Å². The minimum atomic E-state index is -1.13. The summed E-state index contributed by atoms with van der Waals surface area (Å²) >= 11 is 0. The molecule has 0 bridgehead atoms. The molecule has 0 spiro atoms. The predicted molar refractivity (Wildman–Crippen MR) is 86.7 cm³/mol. The highest BCUT2D eigenvalue weighted by Crippen LogP contribution is 2.44. The van der Waals surface area contributed by atoms with E-state index in [-0.39, 0.29) is 12.3 Å². The molecule has 1 atom stereocenters. The van der Waals surface area contributed by atoms with E-state index < -0.39 is 17.9 Å². The molecule has 0 radical (unpaired) electrons. The smallest absolute Gasteiger partial charge is 0.327 e. The van der Waals surface area contributed by atoms with Crippen molar-refractivity contribution in [1.82, 2.24) is 5.32 Å². The highest BCUT2D eigenvalue weighted by atomic mass is 16.4. The van der Waals surface area contributed by atoms with Crippen LogP contribution in [0.3, 0.4) is 0 Å². The molecule has 1 aliphatic rings. The number of hydrogen-bond donors (Lipinski definition) is 2. The molecule has 114 valence electrons. The van der Waals surface area contributed by atoms with Crippen LogP contribution in [-0.4, -0.2) is 23.0 Å². The van der Waals surface area contributed by atoms with Gasteiger partial charge < -0.3 is 10.4 Å². The van der Waals surface area contributed by atoms with Gasteiger partial charge in [0, 0.05) is 6.42 Å². The Morgan fingerprint density at radius 2 is 1.61 bits per heavy atom. The van der Waals surface area contributed by atoms with Gasteiger partial charge in [-0.3, -0.25) is 4.79 Å². The summed E-state index contributed by atoms with van der Waals surface area (Å²) in [5.41, 5.74) is 3.78. The van der Waals surface area contributed by atoms with Gasteiger partial charge in [-0.05, 0) is 22.3 Å². The number of carbonyl (C=O) groups excluding carboxylic acids is 1. The van der Waals surface area contributed by atoms with Gasteiger partial charge in [0.25, 0.3) is 0 Å². The van der Waals surface area contributed by atoms with E-state index in [0.717, 1.165) is 22.3 Å². The highest BCUT2D eigenvalue weighted by molar-refractivity contribution is 5.97. The number of rotatable bonds is 4. The van der Waals surface area contributed by atoms with Crippen molar-refractivity contribution in [3.05, 3.63) is 59.7 Å². The van der Waals surface area contributed by atoms with E-state index in [1.807, 2.05) is 48.5 Å². The summed E-state index contributed by atoms with van der Waals surface area (Å²) in [5, 5.41) is 11.7. The van der Waals surface area contributed by atoms with E-state index >= 15 is 0 Å². The fourth-order valence-corrected chi connectivity index (χ4v) is 3.01. The molecular weight excluding hydrogens is 290 g/mol. The van der Waals surface area contributed by atoms with Crippen molar-refractivity contribution in [2.75, 3.05) is 0 Å². The summed E-state index contributed by atoms with van der Waals surface area (Å²) in [6, 6.07) is 14.3. The first-order valence-corrected chi connectivity index (χ1v) is 7.28. The largest absolute Gasteiger partial charge is 0.480 e. The molecule has 0 unspecified atom stereocenters. The lowest BCUT2D eigenvalue weighted by Gasteiger charge is -2.17. The molecule has 0 aliphatic heterocycles. The Kier molecular flexibility index (Phi) is 3.86. The Balaban J connectivity index is 1.98. The summed E-state index contributed by atoms with van der Waals surface area (Å²) in [7, 11) is 0. The molecule has 2 N–H and O–H groups in total. The number of amides is 1. The topological polar surface area (TPSA) is 66.4 Å². The fourth-order valence-electron chi connectivity index (χ4n) is 3.01. The first kappa shape index (κ1) is 14.9. The molecule has 4 nitrogen and oxygen atoms in total. The third-order valence-corrected chi connectivity index (χ3v) is 4.03. The second-order valence-corrected chi connectivity index (χ2v) is 5.42. The van der Waals surface area contributed by atoms with Gasteiger partial charge in [0.2, 0.25) is 5.91 Å². The van der Waals surface area contributed by atoms with Crippen LogP contribution in [0.2, 0.25) is 0 Å². The Morgan fingerprint density at radius 1 is 1.09 bits per heavy atom. The van der Waals surface area contributed by atoms with Gasteiger partial charge in [-0.25, -0.2) is 4.79 Å². The minimum Gasteiger partial charge on any atom is -0.480 e. The standard InChI is InChI=1S/C19H15NO3/c1-2-7-16(19(22)23)20-18(21)17-14-10-5-3-8-12(14)13-9-4-6-11-15(13)17/h1,3-6,8-11,16-17H,7H2,(H,20,21)(H,22,23)/t16-/m1/s1. The monoisotopic (exact) mass is 305 g/mol. The van der Waals surface area contributed by atoms with Gasteiger partial charge in [0.1, 0.15) is 6.04 Å². The maximum atomic E-state index is 12.7. The van der Waals surface area contributed by atoms with E-state index in [2.05, 4.69) is 11.2 Å². The number of carboxylic acid groups (broad SMARTS) is 1. The average molecular weight is 305 g/mol. The van der Waals surface area contributed by atoms with Crippen molar-refractivity contribution in [1.29, 1.82) is 0 Å². The first-order chi connectivity index (χ1) is 11.1. The number of terminal acetylenes is 1. The Morgan fingerprint density at radius 3 is 2.09 bits per heavy atom. The van der Waals surface area contributed by atoms with E-state index in [1.165, 1.54) is 0 Å². The van der Waals surface area contributed by atoms with E-state index in [0.29, 0.717) is 0 Å². The van der Waals surface area contributed by atoms with Crippen LogP contribution in [0.15, 0.2) is 48.5 Å². The SMILES string of the molecule is C#CC[C@@H](NC(=O)C1c2ccccc2-c2ccccc21)C(=O)O. The molecule has 2 aromatic rings. The summed E-state index contributed by atoms with van der Waals surface area (Å²) in [6.07, 6.45) is 5.14. The Bertz CT molecular complexity index is 774. The van der Waals surface area contributed by atoms with Crippen LogP contribution in [-0.2, 0) is 9.59 Å². The number of aliphatic carboxylic acids is 1. The maximum Gasteiger partial charge on any atom is 0.327 e. The van der Waals surface area contributed by atoms with Crippen molar-refractivity contribution in [2.45, 2.75) is 18.4 Å². The second-order valence-electron chi connectivity index (χ2n) is 5.42. The van der Waals surface area contributed by atoms with E-state index in [1.54, 1.807) is 0 Å². The molecule has 2 aromatic carbocycles. The van der Waals surface area contributed by atoms with Crippen LogP contribution in [0, 0.1) is 12.3 Å². The van der Waals surface area contributed by atoms with Gasteiger partial charge in [-0.15, -0.1) is 12.3 Å². The number of benzene rings is 2. The summed E-state index contributed by atoms with van der Waals surface area (Å²) < 4.78 is 0. The molecule has 0 saturated heterocycles. The quantitative estimate of drug-likeness (QED) is 0.852. The van der Waals surface area contributed by atoms with Gasteiger partial charge in [0.15, 0.2) is 0 Å².